The van der Waals surface area contributed by atoms with Crippen LogP contribution in [0.3, 0.4) is 0 Å². The van der Waals surface area contributed by atoms with Gasteiger partial charge >= 0.3 is 0 Å². The van der Waals surface area contributed by atoms with E-state index in [9.17, 15) is 14.7 Å². The second kappa shape index (κ2) is 10.1. The van der Waals surface area contributed by atoms with Crippen molar-refractivity contribution in [3.05, 3.63) is 54.1 Å². The number of benzene rings is 2. The largest absolute Gasteiger partial charge is 0.506 e. The lowest BCUT2D eigenvalue weighted by molar-refractivity contribution is -0.136. The van der Waals surface area contributed by atoms with E-state index in [2.05, 4.69) is 19.2 Å². The molecule has 1 aliphatic heterocycles. The Morgan fingerprint density at radius 2 is 1.80 bits per heavy atom. The van der Waals surface area contributed by atoms with Gasteiger partial charge in [0.2, 0.25) is 5.91 Å². The molecule has 0 bridgehead atoms. The first-order chi connectivity index (χ1) is 14.5. The first-order valence-corrected chi connectivity index (χ1v) is 10.6. The lowest BCUT2D eigenvalue weighted by atomic mass is 9.95. The summed E-state index contributed by atoms with van der Waals surface area (Å²) in [5.74, 6) is 0.816. The molecule has 2 aromatic carbocycles. The summed E-state index contributed by atoms with van der Waals surface area (Å²) < 4.78 is 5.84. The van der Waals surface area contributed by atoms with Gasteiger partial charge in [-0.15, -0.1) is 0 Å². The van der Waals surface area contributed by atoms with E-state index in [0.717, 1.165) is 17.7 Å². The molecule has 1 fully saturated rings. The molecule has 1 aliphatic rings. The van der Waals surface area contributed by atoms with E-state index >= 15 is 0 Å². The van der Waals surface area contributed by atoms with Gasteiger partial charge in [0, 0.05) is 19.0 Å². The molecule has 3 rings (SSSR count). The van der Waals surface area contributed by atoms with Gasteiger partial charge in [0.1, 0.15) is 11.5 Å². The molecule has 1 saturated heterocycles. The molecule has 6 heteroatoms. The van der Waals surface area contributed by atoms with Gasteiger partial charge in [0.05, 0.1) is 5.69 Å². The van der Waals surface area contributed by atoms with Crippen LogP contribution in [0.2, 0.25) is 0 Å². The fraction of sp³-hybridized carbons (Fsp3) is 0.417. The average Bonchev–Trinajstić information content (AvgIpc) is 2.78. The number of anilines is 1. The molecule has 0 saturated carbocycles. The Kier molecular flexibility index (Phi) is 7.33. The zero-order valence-corrected chi connectivity index (χ0v) is 17.6. The summed E-state index contributed by atoms with van der Waals surface area (Å²) in [6.45, 7) is 5.32. The van der Waals surface area contributed by atoms with Gasteiger partial charge in [-0.05, 0) is 48.9 Å². The molecule has 2 amide bonds. The van der Waals surface area contributed by atoms with Crippen molar-refractivity contribution in [1.29, 1.82) is 0 Å². The van der Waals surface area contributed by atoms with Gasteiger partial charge < -0.3 is 20.1 Å². The van der Waals surface area contributed by atoms with E-state index in [1.54, 1.807) is 23.1 Å². The van der Waals surface area contributed by atoms with Crippen LogP contribution < -0.4 is 10.1 Å². The highest BCUT2D eigenvalue weighted by Gasteiger charge is 2.28. The van der Waals surface area contributed by atoms with E-state index in [0.29, 0.717) is 37.5 Å². The highest BCUT2D eigenvalue weighted by atomic mass is 16.5. The van der Waals surface area contributed by atoms with Crippen LogP contribution >= 0.6 is 0 Å². The highest BCUT2D eigenvalue weighted by Crippen LogP contribution is 2.29. The molecule has 2 N–H and O–H groups in total. The third kappa shape index (κ3) is 5.32. The van der Waals surface area contributed by atoms with Crippen LogP contribution in [0.1, 0.15) is 44.6 Å². The van der Waals surface area contributed by atoms with Crippen LogP contribution in [-0.4, -0.2) is 41.5 Å². The number of rotatable bonds is 7. The summed E-state index contributed by atoms with van der Waals surface area (Å²) in [6, 6.07) is 14.5. The quantitative estimate of drug-likeness (QED) is 0.672. The van der Waals surface area contributed by atoms with Crippen LogP contribution in [0.5, 0.6) is 11.5 Å². The molecule has 0 aliphatic carbocycles. The molecular weight excluding hydrogens is 380 g/mol. The van der Waals surface area contributed by atoms with Crippen LogP contribution in [-0.2, 0) is 9.59 Å². The van der Waals surface area contributed by atoms with Crippen molar-refractivity contribution in [2.75, 3.05) is 25.0 Å². The number of hydrogen-bond donors (Lipinski definition) is 2. The summed E-state index contributed by atoms with van der Waals surface area (Å²) in [7, 11) is 0. The number of nitrogens with one attached hydrogen (secondary N) is 1. The molecule has 0 radical (unpaired) electrons. The SMILES string of the molecule is CCC(C)c1ccccc1OCC(=O)N1CCC(C(=O)Nc2ccccc2O)CC1. The standard InChI is InChI=1S/C24H30N2O4/c1-3-17(2)19-8-4-7-11-22(19)30-16-23(28)26-14-12-18(13-15-26)24(29)25-20-9-5-6-10-21(20)27/h4-11,17-18,27H,3,12-16H2,1-2H3,(H,25,29). The van der Waals surface area contributed by atoms with Crippen molar-refractivity contribution in [1.82, 2.24) is 4.90 Å². The van der Waals surface area contributed by atoms with E-state index in [1.807, 2.05) is 24.3 Å². The Balaban J connectivity index is 1.49. The molecule has 1 unspecified atom stereocenters. The van der Waals surface area contributed by atoms with Crippen molar-refractivity contribution in [3.63, 3.8) is 0 Å². The summed E-state index contributed by atoms with van der Waals surface area (Å²) >= 11 is 0. The lowest BCUT2D eigenvalue weighted by Crippen LogP contribution is -2.43. The number of phenols is 1. The Labute approximate surface area is 177 Å². The lowest BCUT2D eigenvalue weighted by Gasteiger charge is -2.31. The maximum Gasteiger partial charge on any atom is 0.260 e. The minimum Gasteiger partial charge on any atom is -0.506 e. The predicted octanol–water partition coefficient (Wildman–Crippen LogP) is 4.16. The van der Waals surface area contributed by atoms with Gasteiger partial charge in [0.15, 0.2) is 6.61 Å². The molecule has 0 spiro atoms. The topological polar surface area (TPSA) is 78.9 Å². The van der Waals surface area contributed by atoms with Crippen molar-refractivity contribution in [2.45, 2.75) is 39.0 Å². The van der Waals surface area contributed by atoms with E-state index in [1.165, 1.54) is 6.07 Å². The van der Waals surface area contributed by atoms with Crippen LogP contribution in [0.25, 0.3) is 0 Å². The Hall–Kier alpha value is -3.02. The minimum atomic E-state index is -0.180. The van der Waals surface area contributed by atoms with Crippen molar-refractivity contribution >= 4 is 17.5 Å². The normalized spacial score (nSPS) is 15.5. The molecule has 160 valence electrons. The van der Waals surface area contributed by atoms with Gasteiger partial charge in [-0.3, -0.25) is 9.59 Å². The van der Waals surface area contributed by atoms with Crippen molar-refractivity contribution in [3.8, 4) is 11.5 Å². The molecule has 1 atom stereocenters. The molecular formula is C24H30N2O4. The predicted molar refractivity (Wildman–Crippen MR) is 117 cm³/mol. The second-order valence-electron chi connectivity index (χ2n) is 7.80. The average molecular weight is 411 g/mol. The van der Waals surface area contributed by atoms with Gasteiger partial charge in [-0.1, -0.05) is 44.2 Å². The summed E-state index contributed by atoms with van der Waals surface area (Å²) in [6.07, 6.45) is 2.19. The number of para-hydroxylation sites is 3. The smallest absolute Gasteiger partial charge is 0.260 e. The second-order valence-corrected chi connectivity index (χ2v) is 7.80. The van der Waals surface area contributed by atoms with E-state index in [-0.39, 0.29) is 30.1 Å². The van der Waals surface area contributed by atoms with Crippen molar-refractivity contribution < 1.29 is 19.4 Å². The number of carbonyl (C=O) groups is 2. The Morgan fingerprint density at radius 3 is 2.50 bits per heavy atom. The Bertz CT molecular complexity index is 875. The van der Waals surface area contributed by atoms with Gasteiger partial charge in [-0.25, -0.2) is 0 Å². The number of aromatic hydroxyl groups is 1. The number of nitrogens with zero attached hydrogens (tertiary/aromatic N) is 1. The van der Waals surface area contributed by atoms with Crippen LogP contribution in [0.15, 0.2) is 48.5 Å². The third-order valence-electron chi connectivity index (χ3n) is 5.79. The minimum absolute atomic E-state index is 0.00218. The van der Waals surface area contributed by atoms with Gasteiger partial charge in [0.25, 0.3) is 5.91 Å². The Morgan fingerprint density at radius 1 is 1.13 bits per heavy atom. The zero-order chi connectivity index (χ0) is 21.5. The zero-order valence-electron chi connectivity index (χ0n) is 17.6. The number of piperidine rings is 1. The van der Waals surface area contributed by atoms with E-state index < -0.39 is 0 Å². The number of carbonyl (C=O) groups excluding carboxylic acids is 2. The van der Waals surface area contributed by atoms with Gasteiger partial charge in [-0.2, -0.15) is 0 Å². The molecule has 1 heterocycles. The number of likely N-dealkylation sites (tertiary alicyclic amines) is 1. The third-order valence-corrected chi connectivity index (χ3v) is 5.79. The first kappa shape index (κ1) is 21.7. The monoisotopic (exact) mass is 410 g/mol. The summed E-state index contributed by atoms with van der Waals surface area (Å²) in [5, 5.41) is 12.6. The fourth-order valence-electron chi connectivity index (χ4n) is 3.67. The fourth-order valence-corrected chi connectivity index (χ4v) is 3.67. The molecule has 6 nitrogen and oxygen atoms in total. The number of phenolic OH excluding ortho intramolecular Hbond substituents is 1. The van der Waals surface area contributed by atoms with Crippen LogP contribution in [0, 0.1) is 5.92 Å². The molecule has 30 heavy (non-hydrogen) atoms. The molecule has 0 aromatic heterocycles. The summed E-state index contributed by atoms with van der Waals surface area (Å²) in [4.78, 5) is 26.8. The maximum atomic E-state index is 12.6. The maximum absolute atomic E-state index is 12.6. The van der Waals surface area contributed by atoms with Crippen LogP contribution in [0.4, 0.5) is 5.69 Å². The molecule has 2 aromatic rings. The number of hydrogen-bond acceptors (Lipinski definition) is 4. The number of ether oxygens (including phenoxy) is 1. The highest BCUT2D eigenvalue weighted by molar-refractivity contribution is 5.94. The first-order valence-electron chi connectivity index (χ1n) is 10.6. The van der Waals surface area contributed by atoms with E-state index in [4.69, 9.17) is 4.74 Å². The van der Waals surface area contributed by atoms with Crippen molar-refractivity contribution in [2.24, 2.45) is 5.92 Å². The summed E-state index contributed by atoms with van der Waals surface area (Å²) in [5.41, 5.74) is 1.53. The number of amides is 2.